The summed E-state index contributed by atoms with van der Waals surface area (Å²) in [7, 11) is 1.91. The van der Waals surface area contributed by atoms with Crippen LogP contribution < -0.4 is 5.32 Å². The van der Waals surface area contributed by atoms with Crippen molar-refractivity contribution in [3.63, 3.8) is 0 Å². The van der Waals surface area contributed by atoms with Crippen LogP contribution in [0.25, 0.3) is 0 Å². The van der Waals surface area contributed by atoms with Gasteiger partial charge in [0.05, 0.1) is 6.20 Å². The summed E-state index contributed by atoms with van der Waals surface area (Å²) >= 11 is 0. The van der Waals surface area contributed by atoms with E-state index in [1.54, 1.807) is 12.3 Å². The van der Waals surface area contributed by atoms with E-state index in [9.17, 15) is 4.39 Å². The van der Waals surface area contributed by atoms with E-state index in [-0.39, 0.29) is 11.9 Å². The highest BCUT2D eigenvalue weighted by Crippen LogP contribution is 2.29. The van der Waals surface area contributed by atoms with Crippen LogP contribution in [0.4, 0.5) is 4.39 Å². The summed E-state index contributed by atoms with van der Waals surface area (Å²) in [4.78, 5) is 3.90. The van der Waals surface area contributed by atoms with Gasteiger partial charge in [0.15, 0.2) is 0 Å². The molecule has 1 fully saturated rings. The van der Waals surface area contributed by atoms with Gasteiger partial charge in [-0.25, -0.2) is 4.39 Å². The van der Waals surface area contributed by atoms with Crippen LogP contribution in [0.15, 0.2) is 18.5 Å². The third-order valence-corrected chi connectivity index (χ3v) is 3.13. The lowest BCUT2D eigenvalue weighted by Gasteiger charge is -2.30. The molecule has 1 aliphatic rings. The molecule has 1 saturated heterocycles. The number of nitrogens with zero attached hydrogens (tertiary/aromatic N) is 1. The highest BCUT2D eigenvalue weighted by atomic mass is 19.1. The molecule has 3 nitrogen and oxygen atoms in total. The van der Waals surface area contributed by atoms with Crippen molar-refractivity contribution in [2.24, 2.45) is 5.92 Å². The molecule has 0 aromatic carbocycles. The van der Waals surface area contributed by atoms with Crippen molar-refractivity contribution in [3.05, 3.63) is 29.8 Å². The van der Waals surface area contributed by atoms with E-state index in [0.717, 1.165) is 31.6 Å². The summed E-state index contributed by atoms with van der Waals surface area (Å²) in [6.45, 7) is 1.59. The van der Waals surface area contributed by atoms with Crippen molar-refractivity contribution in [1.29, 1.82) is 0 Å². The molecule has 16 heavy (non-hydrogen) atoms. The zero-order valence-electron chi connectivity index (χ0n) is 9.45. The lowest BCUT2D eigenvalue weighted by atomic mass is 9.88. The van der Waals surface area contributed by atoms with Crippen molar-refractivity contribution in [3.8, 4) is 0 Å². The fraction of sp³-hybridized carbons (Fsp3) is 0.583. The molecule has 0 saturated carbocycles. The molecular formula is C12H17FN2O. The normalized spacial score (nSPS) is 19.6. The lowest BCUT2D eigenvalue weighted by molar-refractivity contribution is 0.0545. The Morgan fingerprint density at radius 3 is 2.81 bits per heavy atom. The molecule has 1 atom stereocenters. The van der Waals surface area contributed by atoms with Gasteiger partial charge in [-0.15, -0.1) is 0 Å². The van der Waals surface area contributed by atoms with Crippen molar-refractivity contribution in [2.75, 3.05) is 20.3 Å². The number of aromatic nitrogens is 1. The first-order valence-electron chi connectivity index (χ1n) is 5.66. The van der Waals surface area contributed by atoms with Crippen LogP contribution in [-0.2, 0) is 4.74 Å². The Bertz CT molecular complexity index is 340. The Kier molecular flexibility index (Phi) is 3.85. The van der Waals surface area contributed by atoms with Crippen LogP contribution in [-0.4, -0.2) is 25.2 Å². The second kappa shape index (κ2) is 5.37. The van der Waals surface area contributed by atoms with Gasteiger partial charge in [0.2, 0.25) is 0 Å². The molecule has 0 aliphatic carbocycles. The maximum absolute atomic E-state index is 13.1. The van der Waals surface area contributed by atoms with Gasteiger partial charge >= 0.3 is 0 Å². The molecule has 1 aromatic heterocycles. The van der Waals surface area contributed by atoms with Gasteiger partial charge in [-0.05, 0) is 37.4 Å². The van der Waals surface area contributed by atoms with Crippen molar-refractivity contribution < 1.29 is 9.13 Å². The van der Waals surface area contributed by atoms with Crippen LogP contribution >= 0.6 is 0 Å². The van der Waals surface area contributed by atoms with Gasteiger partial charge in [0.1, 0.15) is 5.82 Å². The van der Waals surface area contributed by atoms with E-state index in [1.165, 1.54) is 6.20 Å². The number of nitrogens with one attached hydrogen (secondary N) is 1. The first kappa shape index (κ1) is 11.5. The minimum absolute atomic E-state index is 0.173. The second-order valence-electron chi connectivity index (χ2n) is 4.15. The molecule has 88 valence electrons. The van der Waals surface area contributed by atoms with E-state index in [1.807, 2.05) is 7.05 Å². The summed E-state index contributed by atoms with van der Waals surface area (Å²) in [5.41, 5.74) is 0.925. The number of hydrogen-bond donors (Lipinski definition) is 1. The maximum Gasteiger partial charge on any atom is 0.141 e. The minimum atomic E-state index is -0.273. The molecule has 1 aromatic rings. The Balaban J connectivity index is 2.14. The van der Waals surface area contributed by atoms with Crippen LogP contribution in [0, 0.1) is 11.7 Å². The Morgan fingerprint density at radius 1 is 1.44 bits per heavy atom. The average Bonchev–Trinajstić information content (AvgIpc) is 2.31. The number of hydrogen-bond acceptors (Lipinski definition) is 3. The average molecular weight is 224 g/mol. The first-order chi connectivity index (χ1) is 7.81. The SMILES string of the molecule is CNC(c1cncc(F)c1)C1CCOCC1. The van der Waals surface area contributed by atoms with E-state index in [4.69, 9.17) is 4.74 Å². The third-order valence-electron chi connectivity index (χ3n) is 3.13. The maximum atomic E-state index is 13.1. The number of rotatable bonds is 3. The molecule has 2 heterocycles. The molecule has 4 heteroatoms. The highest BCUT2D eigenvalue weighted by molar-refractivity contribution is 5.16. The molecule has 0 spiro atoms. The predicted molar refractivity (Wildman–Crippen MR) is 59.5 cm³/mol. The molecule has 0 amide bonds. The van der Waals surface area contributed by atoms with Crippen molar-refractivity contribution in [1.82, 2.24) is 10.3 Å². The smallest absolute Gasteiger partial charge is 0.141 e. The fourth-order valence-electron chi connectivity index (χ4n) is 2.32. The van der Waals surface area contributed by atoms with Crippen LogP contribution in [0.2, 0.25) is 0 Å². The Morgan fingerprint density at radius 2 is 2.19 bits per heavy atom. The predicted octanol–water partition coefficient (Wildman–Crippen LogP) is 1.91. The third kappa shape index (κ3) is 2.57. The molecule has 2 rings (SSSR count). The summed E-state index contributed by atoms with van der Waals surface area (Å²) in [5, 5.41) is 3.25. The van der Waals surface area contributed by atoms with Crippen LogP contribution in [0.1, 0.15) is 24.4 Å². The van der Waals surface area contributed by atoms with E-state index < -0.39 is 0 Å². The second-order valence-corrected chi connectivity index (χ2v) is 4.15. The molecule has 0 bridgehead atoms. The first-order valence-corrected chi connectivity index (χ1v) is 5.66. The van der Waals surface area contributed by atoms with Crippen LogP contribution in [0.3, 0.4) is 0 Å². The van der Waals surface area contributed by atoms with Crippen molar-refractivity contribution >= 4 is 0 Å². The van der Waals surface area contributed by atoms with Gasteiger partial charge in [0.25, 0.3) is 0 Å². The molecular weight excluding hydrogens is 207 g/mol. The van der Waals surface area contributed by atoms with E-state index in [2.05, 4.69) is 10.3 Å². The number of pyridine rings is 1. The highest BCUT2D eigenvalue weighted by Gasteiger charge is 2.24. The van der Waals surface area contributed by atoms with Gasteiger partial charge in [-0.1, -0.05) is 0 Å². The minimum Gasteiger partial charge on any atom is -0.381 e. The molecule has 1 N–H and O–H groups in total. The zero-order valence-corrected chi connectivity index (χ0v) is 9.45. The van der Waals surface area contributed by atoms with Gasteiger partial charge < -0.3 is 10.1 Å². The van der Waals surface area contributed by atoms with Gasteiger partial charge in [-0.3, -0.25) is 4.98 Å². The van der Waals surface area contributed by atoms with Crippen LogP contribution in [0.5, 0.6) is 0 Å². The standard InChI is InChI=1S/C12H17FN2O/c1-14-12(9-2-4-16-5-3-9)10-6-11(13)8-15-7-10/h6-9,12,14H,2-5H2,1H3. The summed E-state index contributed by atoms with van der Waals surface area (Å²) in [6.07, 6.45) is 5.00. The Labute approximate surface area is 95.0 Å². The molecule has 1 unspecified atom stereocenters. The zero-order chi connectivity index (χ0) is 11.4. The fourth-order valence-corrected chi connectivity index (χ4v) is 2.32. The van der Waals surface area contributed by atoms with Crippen molar-refractivity contribution in [2.45, 2.75) is 18.9 Å². The van der Waals surface area contributed by atoms with Gasteiger partial charge in [0, 0.05) is 25.5 Å². The molecule has 0 radical (unpaired) electrons. The lowest BCUT2D eigenvalue weighted by Crippen LogP contribution is -2.30. The monoisotopic (exact) mass is 224 g/mol. The quantitative estimate of drug-likeness (QED) is 0.851. The summed E-state index contributed by atoms with van der Waals surface area (Å²) in [5.74, 6) is 0.229. The largest absolute Gasteiger partial charge is 0.381 e. The summed E-state index contributed by atoms with van der Waals surface area (Å²) < 4.78 is 18.5. The topological polar surface area (TPSA) is 34.2 Å². The van der Waals surface area contributed by atoms with Gasteiger partial charge in [-0.2, -0.15) is 0 Å². The summed E-state index contributed by atoms with van der Waals surface area (Å²) in [6, 6.07) is 1.73. The Hall–Kier alpha value is -1.00. The van der Waals surface area contributed by atoms with E-state index in [0.29, 0.717) is 5.92 Å². The number of halogens is 1. The van der Waals surface area contributed by atoms with E-state index >= 15 is 0 Å². The molecule has 1 aliphatic heterocycles. The number of ether oxygens (including phenoxy) is 1.